The Morgan fingerprint density at radius 3 is 2.52 bits per heavy atom. The molecule has 1 N–H and O–H groups in total. The highest BCUT2D eigenvalue weighted by Gasteiger charge is 2.11. The molecule has 2 aromatic carbocycles. The first-order chi connectivity index (χ1) is 11.2. The van der Waals surface area contributed by atoms with E-state index in [9.17, 15) is 0 Å². The number of methoxy groups -OCH3 is 1. The van der Waals surface area contributed by atoms with Crippen LogP contribution in [0.1, 0.15) is 31.4 Å². The van der Waals surface area contributed by atoms with E-state index in [1.54, 1.807) is 7.11 Å². The van der Waals surface area contributed by atoms with E-state index in [2.05, 4.69) is 48.6 Å². The van der Waals surface area contributed by atoms with Gasteiger partial charge in [-0.05, 0) is 38.3 Å². The lowest BCUT2D eigenvalue weighted by Gasteiger charge is -2.17. The van der Waals surface area contributed by atoms with Gasteiger partial charge in [0.05, 0.1) is 13.7 Å². The summed E-state index contributed by atoms with van der Waals surface area (Å²) < 4.78 is 11.2. The fourth-order valence-electron chi connectivity index (χ4n) is 2.58. The Labute approximate surface area is 139 Å². The first kappa shape index (κ1) is 17.4. The van der Waals surface area contributed by atoms with E-state index in [4.69, 9.17) is 9.47 Å². The highest BCUT2D eigenvalue weighted by atomic mass is 16.5. The first-order valence-corrected chi connectivity index (χ1v) is 8.30. The number of para-hydroxylation sites is 1. The zero-order valence-electron chi connectivity index (χ0n) is 14.3. The maximum Gasteiger partial charge on any atom is 0.165 e. The summed E-state index contributed by atoms with van der Waals surface area (Å²) in [4.78, 5) is 0. The monoisotopic (exact) mass is 313 g/mol. The van der Waals surface area contributed by atoms with E-state index in [0.29, 0.717) is 12.6 Å². The van der Waals surface area contributed by atoms with Crippen molar-refractivity contribution >= 4 is 0 Å². The average molecular weight is 313 g/mol. The average Bonchev–Trinajstić information content (AvgIpc) is 2.60. The number of hydrogen-bond donors (Lipinski definition) is 1. The van der Waals surface area contributed by atoms with Crippen LogP contribution in [0.25, 0.3) is 0 Å². The first-order valence-electron chi connectivity index (χ1n) is 8.30. The molecule has 23 heavy (non-hydrogen) atoms. The molecule has 3 nitrogen and oxygen atoms in total. The highest BCUT2D eigenvalue weighted by molar-refractivity contribution is 5.46. The number of nitrogens with one attached hydrogen (secondary N) is 1. The lowest BCUT2D eigenvalue weighted by atomic mass is 10.1. The Bertz CT molecular complexity index is 583. The highest BCUT2D eigenvalue weighted by Crippen LogP contribution is 2.31. The second-order valence-electron chi connectivity index (χ2n) is 5.69. The standard InChI is InChI=1S/C20H27NO2/c1-4-23-20-18(11-8-12-19(20)22-3)15-21-16(2)13-14-17-9-6-5-7-10-17/h5-12,16,21H,4,13-15H2,1-3H3/t16-/m0/s1. The molecule has 3 heteroatoms. The van der Waals surface area contributed by atoms with Gasteiger partial charge < -0.3 is 14.8 Å². The molecule has 0 saturated carbocycles. The van der Waals surface area contributed by atoms with Crippen LogP contribution < -0.4 is 14.8 Å². The fraction of sp³-hybridized carbons (Fsp3) is 0.400. The molecule has 2 rings (SSSR count). The van der Waals surface area contributed by atoms with E-state index < -0.39 is 0 Å². The van der Waals surface area contributed by atoms with Crippen LogP contribution in [-0.4, -0.2) is 19.8 Å². The van der Waals surface area contributed by atoms with Crippen LogP contribution >= 0.6 is 0 Å². The molecule has 0 aromatic heterocycles. The summed E-state index contributed by atoms with van der Waals surface area (Å²) in [6.45, 7) is 5.63. The van der Waals surface area contributed by atoms with Crippen LogP contribution in [0.4, 0.5) is 0 Å². The Balaban J connectivity index is 1.89. The van der Waals surface area contributed by atoms with E-state index in [0.717, 1.165) is 36.4 Å². The SMILES string of the molecule is CCOc1c(CN[C@@H](C)CCc2ccccc2)cccc1OC. The number of rotatable bonds is 9. The van der Waals surface area contributed by atoms with Crippen LogP contribution in [0, 0.1) is 0 Å². The van der Waals surface area contributed by atoms with Gasteiger partial charge in [0, 0.05) is 18.2 Å². The van der Waals surface area contributed by atoms with Crippen molar-refractivity contribution in [2.24, 2.45) is 0 Å². The normalized spacial score (nSPS) is 12.0. The van der Waals surface area contributed by atoms with Crippen molar-refractivity contribution in [3.05, 3.63) is 59.7 Å². The van der Waals surface area contributed by atoms with E-state index in [1.165, 1.54) is 5.56 Å². The van der Waals surface area contributed by atoms with Crippen molar-refractivity contribution in [2.75, 3.05) is 13.7 Å². The van der Waals surface area contributed by atoms with E-state index in [-0.39, 0.29) is 0 Å². The second kappa shape index (κ2) is 9.21. The van der Waals surface area contributed by atoms with Crippen molar-refractivity contribution in [1.29, 1.82) is 0 Å². The molecule has 1 atom stereocenters. The van der Waals surface area contributed by atoms with Crippen molar-refractivity contribution in [1.82, 2.24) is 5.32 Å². The summed E-state index contributed by atoms with van der Waals surface area (Å²) in [5.41, 5.74) is 2.52. The van der Waals surface area contributed by atoms with Crippen LogP contribution in [0.5, 0.6) is 11.5 Å². The van der Waals surface area contributed by atoms with Gasteiger partial charge in [0.15, 0.2) is 11.5 Å². The molecule has 0 aliphatic carbocycles. The maximum absolute atomic E-state index is 5.76. The smallest absolute Gasteiger partial charge is 0.165 e. The van der Waals surface area contributed by atoms with Crippen molar-refractivity contribution in [3.63, 3.8) is 0 Å². The molecule has 0 saturated heterocycles. The molecule has 0 amide bonds. The zero-order valence-corrected chi connectivity index (χ0v) is 14.3. The Morgan fingerprint density at radius 2 is 1.83 bits per heavy atom. The van der Waals surface area contributed by atoms with Crippen molar-refractivity contribution < 1.29 is 9.47 Å². The molecule has 0 bridgehead atoms. The van der Waals surface area contributed by atoms with Gasteiger partial charge in [0.1, 0.15) is 0 Å². The second-order valence-corrected chi connectivity index (χ2v) is 5.69. The van der Waals surface area contributed by atoms with Crippen LogP contribution in [0.2, 0.25) is 0 Å². The Hall–Kier alpha value is -2.00. The summed E-state index contributed by atoms with van der Waals surface area (Å²) in [5.74, 6) is 1.64. The van der Waals surface area contributed by atoms with Gasteiger partial charge in [-0.2, -0.15) is 0 Å². The molecule has 0 aliphatic rings. The third kappa shape index (κ3) is 5.29. The van der Waals surface area contributed by atoms with Crippen LogP contribution in [0.3, 0.4) is 0 Å². The lowest BCUT2D eigenvalue weighted by Crippen LogP contribution is -2.26. The summed E-state index contributed by atoms with van der Waals surface area (Å²) in [6.07, 6.45) is 2.20. The largest absolute Gasteiger partial charge is 0.493 e. The predicted molar refractivity (Wildman–Crippen MR) is 95.2 cm³/mol. The quantitative estimate of drug-likeness (QED) is 0.752. The van der Waals surface area contributed by atoms with E-state index >= 15 is 0 Å². The predicted octanol–water partition coefficient (Wildman–Crippen LogP) is 4.20. The van der Waals surface area contributed by atoms with Crippen LogP contribution in [-0.2, 0) is 13.0 Å². The van der Waals surface area contributed by atoms with E-state index in [1.807, 2.05) is 19.1 Å². The topological polar surface area (TPSA) is 30.5 Å². The molecule has 0 spiro atoms. The van der Waals surface area contributed by atoms with Gasteiger partial charge in [-0.1, -0.05) is 42.5 Å². The molecule has 0 fully saturated rings. The molecule has 0 unspecified atom stereocenters. The maximum atomic E-state index is 5.76. The van der Waals surface area contributed by atoms with Gasteiger partial charge in [-0.15, -0.1) is 0 Å². The third-order valence-electron chi connectivity index (χ3n) is 3.92. The molecule has 124 valence electrons. The molecule has 2 aromatic rings. The number of ether oxygens (including phenoxy) is 2. The van der Waals surface area contributed by atoms with Crippen LogP contribution in [0.15, 0.2) is 48.5 Å². The molecule has 0 heterocycles. The molecule has 0 radical (unpaired) electrons. The minimum Gasteiger partial charge on any atom is -0.493 e. The van der Waals surface area contributed by atoms with Crippen molar-refractivity contribution in [2.45, 2.75) is 39.3 Å². The van der Waals surface area contributed by atoms with Gasteiger partial charge in [-0.25, -0.2) is 0 Å². The molecule has 0 aliphatic heterocycles. The Morgan fingerprint density at radius 1 is 1.04 bits per heavy atom. The minimum atomic E-state index is 0.441. The zero-order chi connectivity index (χ0) is 16.5. The van der Waals surface area contributed by atoms with Gasteiger partial charge >= 0.3 is 0 Å². The number of hydrogen-bond acceptors (Lipinski definition) is 3. The number of benzene rings is 2. The minimum absolute atomic E-state index is 0.441. The Kier molecular flexibility index (Phi) is 6.95. The van der Waals surface area contributed by atoms with Crippen molar-refractivity contribution in [3.8, 4) is 11.5 Å². The van der Waals surface area contributed by atoms with Gasteiger partial charge in [0.25, 0.3) is 0 Å². The summed E-state index contributed by atoms with van der Waals surface area (Å²) in [7, 11) is 1.68. The molecular formula is C20H27NO2. The summed E-state index contributed by atoms with van der Waals surface area (Å²) in [6, 6.07) is 17.1. The fourth-order valence-corrected chi connectivity index (χ4v) is 2.58. The number of aryl methyl sites for hydroxylation is 1. The van der Waals surface area contributed by atoms with Gasteiger partial charge in [-0.3, -0.25) is 0 Å². The summed E-state index contributed by atoms with van der Waals surface area (Å²) in [5, 5.41) is 3.58. The lowest BCUT2D eigenvalue weighted by molar-refractivity contribution is 0.306. The van der Waals surface area contributed by atoms with Gasteiger partial charge in [0.2, 0.25) is 0 Å². The summed E-state index contributed by atoms with van der Waals surface area (Å²) >= 11 is 0. The molecular weight excluding hydrogens is 286 g/mol. The third-order valence-corrected chi connectivity index (χ3v) is 3.92.